The zero-order valence-corrected chi connectivity index (χ0v) is 12.1. The van der Waals surface area contributed by atoms with Gasteiger partial charge in [-0.1, -0.05) is 0 Å². The fourth-order valence-corrected chi connectivity index (χ4v) is 2.22. The topological polar surface area (TPSA) is 100 Å². The number of rotatable bonds is 5. The first-order valence-corrected chi connectivity index (χ1v) is 6.76. The van der Waals surface area contributed by atoms with Gasteiger partial charge >= 0.3 is 0 Å². The van der Waals surface area contributed by atoms with Crippen molar-refractivity contribution < 1.29 is 4.79 Å². The molecule has 1 atom stereocenters. The van der Waals surface area contributed by atoms with Crippen LogP contribution >= 0.6 is 0 Å². The zero-order chi connectivity index (χ0) is 14.7. The second kappa shape index (κ2) is 5.89. The lowest BCUT2D eigenvalue weighted by molar-refractivity contribution is -0.119. The van der Waals surface area contributed by atoms with E-state index in [1.807, 2.05) is 25.9 Å². The summed E-state index contributed by atoms with van der Waals surface area (Å²) in [6.07, 6.45) is 1.65. The number of nitrogens with zero attached hydrogens (tertiary/aromatic N) is 5. The molecule has 0 aromatic carbocycles. The highest BCUT2D eigenvalue weighted by molar-refractivity contribution is 5.83. The maximum absolute atomic E-state index is 11.5. The molecule has 0 bridgehead atoms. The van der Waals surface area contributed by atoms with Crippen LogP contribution in [0.4, 0.5) is 17.8 Å². The Labute approximate surface area is 118 Å². The predicted molar refractivity (Wildman–Crippen MR) is 77.9 cm³/mol. The summed E-state index contributed by atoms with van der Waals surface area (Å²) in [5, 5.41) is 3.08. The number of hydrogen-bond donors (Lipinski definition) is 2. The summed E-state index contributed by atoms with van der Waals surface area (Å²) < 4.78 is 0. The third-order valence-corrected chi connectivity index (χ3v) is 3.18. The van der Waals surface area contributed by atoms with Gasteiger partial charge in [0.15, 0.2) is 0 Å². The Balaban J connectivity index is 2.36. The van der Waals surface area contributed by atoms with Gasteiger partial charge in [-0.3, -0.25) is 4.79 Å². The van der Waals surface area contributed by atoms with Crippen LogP contribution in [0.5, 0.6) is 0 Å². The van der Waals surface area contributed by atoms with Crippen LogP contribution in [0.15, 0.2) is 0 Å². The van der Waals surface area contributed by atoms with Crippen LogP contribution in [0.3, 0.4) is 0 Å². The van der Waals surface area contributed by atoms with E-state index in [0.29, 0.717) is 17.8 Å². The number of amides is 1. The van der Waals surface area contributed by atoms with E-state index in [-0.39, 0.29) is 11.9 Å². The van der Waals surface area contributed by atoms with Gasteiger partial charge in [0.1, 0.15) is 6.04 Å². The maximum Gasteiger partial charge on any atom is 0.240 e. The molecule has 0 radical (unpaired) electrons. The highest BCUT2D eigenvalue weighted by Gasteiger charge is 2.31. The van der Waals surface area contributed by atoms with Gasteiger partial charge in [0.2, 0.25) is 23.8 Å². The molecule has 0 saturated carbocycles. The molecule has 1 unspecified atom stereocenters. The summed E-state index contributed by atoms with van der Waals surface area (Å²) in [5.74, 6) is 1.23. The number of nitrogens with two attached hydrogens (primary N) is 1. The van der Waals surface area contributed by atoms with E-state index in [4.69, 9.17) is 5.73 Å². The second-order valence-electron chi connectivity index (χ2n) is 4.94. The molecular formula is C12H21N7O. The van der Waals surface area contributed by atoms with Gasteiger partial charge in [-0.15, -0.1) is 0 Å². The molecule has 2 rings (SSSR count). The maximum atomic E-state index is 11.5. The lowest BCUT2D eigenvalue weighted by atomic mass is 10.2. The third-order valence-electron chi connectivity index (χ3n) is 3.18. The highest BCUT2D eigenvalue weighted by atomic mass is 16.1. The zero-order valence-electron chi connectivity index (χ0n) is 12.1. The fourth-order valence-electron chi connectivity index (χ4n) is 2.22. The minimum atomic E-state index is -0.334. The highest BCUT2D eigenvalue weighted by Crippen LogP contribution is 2.24. The van der Waals surface area contributed by atoms with E-state index in [1.165, 1.54) is 0 Å². The summed E-state index contributed by atoms with van der Waals surface area (Å²) in [5.41, 5.74) is 5.44. The molecule has 1 aromatic rings. The largest absolute Gasteiger partial charge is 0.368 e. The Morgan fingerprint density at radius 3 is 2.80 bits per heavy atom. The number of anilines is 3. The Hall–Kier alpha value is -2.12. The quantitative estimate of drug-likeness (QED) is 0.771. The average molecular weight is 279 g/mol. The van der Waals surface area contributed by atoms with Gasteiger partial charge in [0.25, 0.3) is 0 Å². The fraction of sp³-hybridized carbons (Fsp3) is 0.667. The Morgan fingerprint density at radius 1 is 1.45 bits per heavy atom. The molecule has 8 nitrogen and oxygen atoms in total. The summed E-state index contributed by atoms with van der Waals surface area (Å²) in [6.45, 7) is 3.42. The summed E-state index contributed by atoms with van der Waals surface area (Å²) in [7, 11) is 3.73. The van der Waals surface area contributed by atoms with E-state index in [9.17, 15) is 4.79 Å². The van der Waals surface area contributed by atoms with Crippen LogP contribution in [0.1, 0.15) is 19.8 Å². The van der Waals surface area contributed by atoms with E-state index >= 15 is 0 Å². The van der Waals surface area contributed by atoms with Crippen molar-refractivity contribution >= 4 is 23.8 Å². The number of primary amides is 1. The third kappa shape index (κ3) is 2.89. The van der Waals surface area contributed by atoms with E-state index in [2.05, 4.69) is 20.3 Å². The van der Waals surface area contributed by atoms with Crippen LogP contribution in [-0.4, -0.2) is 54.1 Å². The monoisotopic (exact) mass is 279 g/mol. The molecule has 1 aliphatic rings. The smallest absolute Gasteiger partial charge is 0.240 e. The van der Waals surface area contributed by atoms with Crippen molar-refractivity contribution in [3.05, 3.63) is 0 Å². The SMILES string of the molecule is CCNc1nc(N(C)C)nc(N2CCCC2C(N)=O)n1. The van der Waals surface area contributed by atoms with Gasteiger partial charge in [-0.2, -0.15) is 15.0 Å². The van der Waals surface area contributed by atoms with Crippen LogP contribution in [-0.2, 0) is 4.79 Å². The molecule has 1 amide bonds. The Bertz CT molecular complexity index is 491. The number of nitrogens with one attached hydrogen (secondary N) is 1. The van der Waals surface area contributed by atoms with Crippen molar-refractivity contribution in [2.24, 2.45) is 5.73 Å². The van der Waals surface area contributed by atoms with Crippen LogP contribution in [0, 0.1) is 0 Å². The first kappa shape index (κ1) is 14.3. The molecule has 20 heavy (non-hydrogen) atoms. The van der Waals surface area contributed by atoms with Crippen LogP contribution in [0.25, 0.3) is 0 Å². The van der Waals surface area contributed by atoms with Gasteiger partial charge in [0.05, 0.1) is 0 Å². The lowest BCUT2D eigenvalue weighted by Crippen LogP contribution is -2.41. The normalized spacial score (nSPS) is 18.1. The number of aromatic nitrogens is 3. The first-order valence-electron chi connectivity index (χ1n) is 6.76. The minimum absolute atomic E-state index is 0.332. The summed E-state index contributed by atoms with van der Waals surface area (Å²) in [4.78, 5) is 28.3. The number of carbonyl (C=O) groups excluding carboxylic acids is 1. The lowest BCUT2D eigenvalue weighted by Gasteiger charge is -2.23. The van der Waals surface area contributed by atoms with Crippen molar-refractivity contribution in [2.75, 3.05) is 42.3 Å². The molecule has 1 aliphatic heterocycles. The molecule has 0 aliphatic carbocycles. The Kier molecular flexibility index (Phi) is 4.21. The van der Waals surface area contributed by atoms with Gasteiger partial charge < -0.3 is 20.9 Å². The number of hydrogen-bond acceptors (Lipinski definition) is 7. The minimum Gasteiger partial charge on any atom is -0.368 e. The van der Waals surface area contributed by atoms with E-state index in [0.717, 1.165) is 25.9 Å². The van der Waals surface area contributed by atoms with Crippen LogP contribution < -0.4 is 20.9 Å². The van der Waals surface area contributed by atoms with Crippen molar-refractivity contribution in [3.8, 4) is 0 Å². The van der Waals surface area contributed by atoms with Gasteiger partial charge in [-0.25, -0.2) is 0 Å². The molecule has 1 fully saturated rings. The van der Waals surface area contributed by atoms with Gasteiger partial charge in [0, 0.05) is 27.2 Å². The average Bonchev–Trinajstić information content (AvgIpc) is 2.88. The Morgan fingerprint density at radius 2 is 2.20 bits per heavy atom. The predicted octanol–water partition coefficient (Wildman–Crippen LogP) is -0.176. The molecule has 0 spiro atoms. The number of carbonyl (C=O) groups is 1. The van der Waals surface area contributed by atoms with Crippen molar-refractivity contribution in [2.45, 2.75) is 25.8 Å². The standard InChI is InChI=1S/C12H21N7O/c1-4-14-10-15-11(18(2)3)17-12(16-10)19-7-5-6-8(19)9(13)20/h8H,4-7H2,1-3H3,(H2,13,20)(H,14,15,16,17). The van der Waals surface area contributed by atoms with E-state index in [1.54, 1.807) is 4.90 Å². The van der Waals surface area contributed by atoms with E-state index < -0.39 is 0 Å². The first-order chi connectivity index (χ1) is 9.52. The molecule has 2 heterocycles. The molecule has 3 N–H and O–H groups in total. The molecule has 8 heteroatoms. The summed E-state index contributed by atoms with van der Waals surface area (Å²) >= 11 is 0. The molecule has 1 aromatic heterocycles. The molecule has 110 valence electrons. The summed E-state index contributed by atoms with van der Waals surface area (Å²) in [6, 6.07) is -0.332. The van der Waals surface area contributed by atoms with Gasteiger partial charge in [-0.05, 0) is 19.8 Å². The van der Waals surface area contributed by atoms with Crippen molar-refractivity contribution in [1.29, 1.82) is 0 Å². The second-order valence-corrected chi connectivity index (χ2v) is 4.94. The van der Waals surface area contributed by atoms with Crippen LogP contribution in [0.2, 0.25) is 0 Å². The molecule has 1 saturated heterocycles. The van der Waals surface area contributed by atoms with Crippen molar-refractivity contribution in [3.63, 3.8) is 0 Å². The molecular weight excluding hydrogens is 258 g/mol. The van der Waals surface area contributed by atoms with Crippen molar-refractivity contribution in [1.82, 2.24) is 15.0 Å².